The number of thiocarbonyl (C=S) groups is 1. The first-order valence-corrected chi connectivity index (χ1v) is 7.56. The lowest BCUT2D eigenvalue weighted by Gasteiger charge is -2.06. The fraction of sp³-hybridized carbons (Fsp3) is 0.375. The van der Waals surface area contributed by atoms with E-state index in [1.54, 1.807) is 6.08 Å². The summed E-state index contributed by atoms with van der Waals surface area (Å²) in [5.41, 5.74) is 0.929. The number of benzene rings is 1. The largest absolute Gasteiger partial charge is 0.494 e. The molecule has 0 spiro atoms. The van der Waals surface area contributed by atoms with E-state index in [0.717, 1.165) is 30.7 Å². The lowest BCUT2D eigenvalue weighted by Crippen LogP contribution is -2.38. The molecule has 1 aromatic rings. The van der Waals surface area contributed by atoms with Crippen molar-refractivity contribution in [2.45, 2.75) is 26.7 Å². The molecule has 0 heterocycles. The molecule has 2 N–H and O–H groups in total. The number of nitrogens with one attached hydrogen (secondary N) is 2. The summed E-state index contributed by atoms with van der Waals surface area (Å²) in [4.78, 5) is 11.7. The third-order valence-electron chi connectivity index (χ3n) is 2.67. The van der Waals surface area contributed by atoms with Crippen molar-refractivity contribution < 1.29 is 9.53 Å². The lowest BCUT2D eigenvalue weighted by atomic mass is 10.2. The SMILES string of the molecule is CCCCNC(=S)NC(=O)/C=C/c1ccc(OCC)cc1. The number of amides is 1. The topological polar surface area (TPSA) is 50.4 Å². The van der Waals surface area contributed by atoms with Crippen LogP contribution in [0, 0.1) is 0 Å². The van der Waals surface area contributed by atoms with Gasteiger partial charge in [-0.25, -0.2) is 0 Å². The number of hydrogen-bond donors (Lipinski definition) is 2. The number of carbonyl (C=O) groups excluding carboxylic acids is 1. The molecule has 0 radical (unpaired) electrons. The average Bonchev–Trinajstić information content (AvgIpc) is 2.47. The molecule has 21 heavy (non-hydrogen) atoms. The maximum Gasteiger partial charge on any atom is 0.250 e. The molecule has 1 aromatic carbocycles. The van der Waals surface area contributed by atoms with Crippen molar-refractivity contribution in [3.05, 3.63) is 35.9 Å². The van der Waals surface area contributed by atoms with Gasteiger partial charge in [-0.3, -0.25) is 10.1 Å². The van der Waals surface area contributed by atoms with Gasteiger partial charge in [0.05, 0.1) is 6.61 Å². The van der Waals surface area contributed by atoms with Gasteiger partial charge in [-0.05, 0) is 49.3 Å². The van der Waals surface area contributed by atoms with Gasteiger partial charge >= 0.3 is 0 Å². The number of ether oxygens (including phenoxy) is 1. The summed E-state index contributed by atoms with van der Waals surface area (Å²) in [5.74, 6) is 0.582. The maximum absolute atomic E-state index is 11.7. The summed E-state index contributed by atoms with van der Waals surface area (Å²) in [5, 5.41) is 5.96. The van der Waals surface area contributed by atoms with Crippen LogP contribution in [0.4, 0.5) is 0 Å². The van der Waals surface area contributed by atoms with Crippen LogP contribution >= 0.6 is 12.2 Å². The zero-order valence-corrected chi connectivity index (χ0v) is 13.3. The molecule has 5 heteroatoms. The number of unbranched alkanes of at least 4 members (excludes halogenated alkanes) is 1. The number of carbonyl (C=O) groups is 1. The van der Waals surface area contributed by atoms with Crippen LogP contribution in [0.2, 0.25) is 0 Å². The Morgan fingerprint density at radius 1 is 1.29 bits per heavy atom. The first kappa shape index (κ1) is 17.2. The average molecular weight is 306 g/mol. The zero-order chi connectivity index (χ0) is 15.5. The molecule has 0 saturated heterocycles. The van der Waals surface area contributed by atoms with E-state index >= 15 is 0 Å². The summed E-state index contributed by atoms with van der Waals surface area (Å²) < 4.78 is 5.36. The van der Waals surface area contributed by atoms with E-state index in [-0.39, 0.29) is 5.91 Å². The Labute approximate surface area is 131 Å². The standard InChI is InChI=1S/C16H22N2O2S/c1-3-5-12-17-16(21)18-15(19)11-8-13-6-9-14(10-7-13)20-4-2/h6-11H,3-5,12H2,1-2H3,(H2,17,18,19,21)/b11-8+. The number of hydrogen-bond acceptors (Lipinski definition) is 3. The first-order valence-electron chi connectivity index (χ1n) is 7.15. The first-order chi connectivity index (χ1) is 10.2. The summed E-state index contributed by atoms with van der Waals surface area (Å²) >= 11 is 5.03. The predicted molar refractivity (Wildman–Crippen MR) is 90.3 cm³/mol. The van der Waals surface area contributed by atoms with Crippen molar-refractivity contribution in [2.75, 3.05) is 13.2 Å². The Morgan fingerprint density at radius 2 is 2.00 bits per heavy atom. The van der Waals surface area contributed by atoms with E-state index in [1.165, 1.54) is 6.08 Å². The van der Waals surface area contributed by atoms with Gasteiger partial charge in [0.1, 0.15) is 5.75 Å². The molecule has 0 aliphatic carbocycles. The monoisotopic (exact) mass is 306 g/mol. The van der Waals surface area contributed by atoms with Crippen LogP contribution in [0.5, 0.6) is 5.75 Å². The van der Waals surface area contributed by atoms with Gasteiger partial charge in [0.25, 0.3) is 0 Å². The lowest BCUT2D eigenvalue weighted by molar-refractivity contribution is -0.115. The smallest absolute Gasteiger partial charge is 0.250 e. The van der Waals surface area contributed by atoms with Crippen molar-refractivity contribution in [1.29, 1.82) is 0 Å². The van der Waals surface area contributed by atoms with Crippen LogP contribution in [0.1, 0.15) is 32.3 Å². The molecule has 1 amide bonds. The molecular formula is C16H22N2O2S. The van der Waals surface area contributed by atoms with Crippen LogP contribution in [0.25, 0.3) is 6.08 Å². The minimum atomic E-state index is -0.238. The highest BCUT2D eigenvalue weighted by molar-refractivity contribution is 7.80. The molecular weight excluding hydrogens is 284 g/mol. The van der Waals surface area contributed by atoms with Gasteiger partial charge in [-0.1, -0.05) is 25.5 Å². The van der Waals surface area contributed by atoms with Crippen LogP contribution in [-0.2, 0) is 4.79 Å². The highest BCUT2D eigenvalue weighted by Gasteiger charge is 1.99. The highest BCUT2D eigenvalue weighted by atomic mass is 32.1. The molecule has 0 atom stereocenters. The normalized spacial score (nSPS) is 10.4. The Balaban J connectivity index is 2.40. The molecule has 0 bridgehead atoms. The van der Waals surface area contributed by atoms with Crippen LogP contribution in [0.15, 0.2) is 30.3 Å². The third kappa shape index (κ3) is 7.46. The van der Waals surface area contributed by atoms with E-state index < -0.39 is 0 Å². The molecule has 0 aromatic heterocycles. The molecule has 114 valence electrons. The van der Waals surface area contributed by atoms with Gasteiger partial charge in [0.15, 0.2) is 5.11 Å². The Bertz CT molecular complexity index is 484. The van der Waals surface area contributed by atoms with Crippen molar-refractivity contribution in [3.63, 3.8) is 0 Å². The van der Waals surface area contributed by atoms with E-state index in [2.05, 4.69) is 17.6 Å². The second-order valence-electron chi connectivity index (χ2n) is 4.43. The third-order valence-corrected chi connectivity index (χ3v) is 2.92. The Kier molecular flexibility index (Phi) is 8.12. The molecule has 0 fully saturated rings. The van der Waals surface area contributed by atoms with E-state index in [1.807, 2.05) is 31.2 Å². The van der Waals surface area contributed by atoms with Crippen molar-refractivity contribution in [3.8, 4) is 5.75 Å². The summed E-state index contributed by atoms with van der Waals surface area (Å²) in [6.45, 7) is 5.46. The highest BCUT2D eigenvalue weighted by Crippen LogP contribution is 2.12. The Hall–Kier alpha value is -1.88. The van der Waals surface area contributed by atoms with Gasteiger partial charge in [0.2, 0.25) is 5.91 Å². The maximum atomic E-state index is 11.7. The number of rotatable bonds is 7. The molecule has 0 unspecified atom stereocenters. The molecule has 1 rings (SSSR count). The van der Waals surface area contributed by atoms with Crippen molar-refractivity contribution >= 4 is 29.3 Å². The molecule has 0 aliphatic rings. The van der Waals surface area contributed by atoms with Gasteiger partial charge < -0.3 is 10.1 Å². The summed E-state index contributed by atoms with van der Waals surface area (Å²) in [6, 6.07) is 7.54. The quantitative estimate of drug-likeness (QED) is 0.462. The fourth-order valence-corrected chi connectivity index (χ4v) is 1.79. The summed E-state index contributed by atoms with van der Waals surface area (Å²) in [7, 11) is 0. The van der Waals surface area contributed by atoms with Crippen molar-refractivity contribution in [2.24, 2.45) is 0 Å². The van der Waals surface area contributed by atoms with Crippen LogP contribution in [-0.4, -0.2) is 24.2 Å². The van der Waals surface area contributed by atoms with Crippen molar-refractivity contribution in [1.82, 2.24) is 10.6 Å². The zero-order valence-electron chi connectivity index (χ0n) is 12.5. The van der Waals surface area contributed by atoms with Gasteiger partial charge in [-0.15, -0.1) is 0 Å². The predicted octanol–water partition coefficient (Wildman–Crippen LogP) is 2.89. The second-order valence-corrected chi connectivity index (χ2v) is 4.84. The van der Waals surface area contributed by atoms with Crippen LogP contribution in [0.3, 0.4) is 0 Å². The molecule has 4 nitrogen and oxygen atoms in total. The van der Waals surface area contributed by atoms with E-state index in [0.29, 0.717) is 11.7 Å². The second kappa shape index (κ2) is 9.94. The van der Waals surface area contributed by atoms with Gasteiger partial charge in [0, 0.05) is 12.6 Å². The Morgan fingerprint density at radius 3 is 2.62 bits per heavy atom. The fourth-order valence-electron chi connectivity index (χ4n) is 1.59. The molecule has 0 aliphatic heterocycles. The minimum Gasteiger partial charge on any atom is -0.494 e. The van der Waals surface area contributed by atoms with E-state index in [9.17, 15) is 4.79 Å². The molecule has 0 saturated carbocycles. The van der Waals surface area contributed by atoms with Crippen LogP contribution < -0.4 is 15.4 Å². The van der Waals surface area contributed by atoms with E-state index in [4.69, 9.17) is 17.0 Å². The minimum absolute atomic E-state index is 0.238. The summed E-state index contributed by atoms with van der Waals surface area (Å²) in [6.07, 6.45) is 5.31. The van der Waals surface area contributed by atoms with Gasteiger partial charge in [-0.2, -0.15) is 0 Å².